The van der Waals surface area contributed by atoms with E-state index in [2.05, 4.69) is 4.98 Å². The number of methoxy groups -OCH3 is 1. The van der Waals surface area contributed by atoms with Crippen molar-refractivity contribution in [2.75, 3.05) is 7.11 Å². The van der Waals surface area contributed by atoms with Crippen molar-refractivity contribution in [1.82, 2.24) is 4.98 Å². The van der Waals surface area contributed by atoms with E-state index in [0.29, 0.717) is 23.8 Å². The summed E-state index contributed by atoms with van der Waals surface area (Å²) < 4.78 is 11.2. The molecule has 106 valence electrons. The molecule has 0 unspecified atom stereocenters. The van der Waals surface area contributed by atoms with Crippen LogP contribution in [0.15, 0.2) is 48.5 Å². The molecule has 0 aliphatic heterocycles. The summed E-state index contributed by atoms with van der Waals surface area (Å²) in [5.74, 6) is 1.29. The second kappa shape index (κ2) is 5.71. The lowest BCUT2D eigenvalue weighted by molar-refractivity contribution is 0.112. The van der Waals surface area contributed by atoms with Gasteiger partial charge in [0.25, 0.3) is 0 Å². The highest BCUT2D eigenvalue weighted by molar-refractivity contribution is 5.90. The molecule has 21 heavy (non-hydrogen) atoms. The van der Waals surface area contributed by atoms with Crippen LogP contribution in [0.1, 0.15) is 16.1 Å². The van der Waals surface area contributed by atoms with Crippen LogP contribution < -0.4 is 9.47 Å². The molecular formula is C17H15NO3. The van der Waals surface area contributed by atoms with E-state index < -0.39 is 0 Å². The SMILES string of the molecule is COc1cc2cc(C=O)[nH]c2cc1OCc1ccccc1. The first kappa shape index (κ1) is 13.2. The van der Waals surface area contributed by atoms with Crippen LogP contribution >= 0.6 is 0 Å². The predicted octanol–water partition coefficient (Wildman–Crippen LogP) is 3.57. The number of ether oxygens (including phenoxy) is 2. The van der Waals surface area contributed by atoms with E-state index in [1.165, 1.54) is 0 Å². The number of carbonyl (C=O) groups is 1. The van der Waals surface area contributed by atoms with Gasteiger partial charge in [0.15, 0.2) is 17.8 Å². The zero-order valence-electron chi connectivity index (χ0n) is 11.6. The van der Waals surface area contributed by atoms with Crippen molar-refractivity contribution in [1.29, 1.82) is 0 Å². The van der Waals surface area contributed by atoms with E-state index in [0.717, 1.165) is 22.8 Å². The number of benzene rings is 2. The average Bonchev–Trinajstić information content (AvgIpc) is 2.94. The third-order valence-electron chi connectivity index (χ3n) is 3.29. The molecule has 1 aromatic heterocycles. The zero-order chi connectivity index (χ0) is 14.7. The Bertz CT molecular complexity index is 762. The van der Waals surface area contributed by atoms with Crippen LogP contribution in [-0.4, -0.2) is 18.4 Å². The van der Waals surface area contributed by atoms with Gasteiger partial charge in [0.1, 0.15) is 6.61 Å². The molecule has 0 aliphatic carbocycles. The van der Waals surface area contributed by atoms with Gasteiger partial charge < -0.3 is 14.5 Å². The Labute approximate surface area is 122 Å². The van der Waals surface area contributed by atoms with Crippen LogP contribution in [0.4, 0.5) is 0 Å². The van der Waals surface area contributed by atoms with Crippen molar-refractivity contribution < 1.29 is 14.3 Å². The molecular weight excluding hydrogens is 266 g/mol. The molecule has 0 bridgehead atoms. The van der Waals surface area contributed by atoms with Gasteiger partial charge in [0.05, 0.1) is 12.8 Å². The summed E-state index contributed by atoms with van der Waals surface area (Å²) in [5.41, 5.74) is 2.47. The van der Waals surface area contributed by atoms with E-state index in [-0.39, 0.29) is 0 Å². The van der Waals surface area contributed by atoms with Crippen LogP contribution in [0.3, 0.4) is 0 Å². The monoisotopic (exact) mass is 281 g/mol. The third kappa shape index (κ3) is 2.74. The van der Waals surface area contributed by atoms with Gasteiger partial charge in [-0.1, -0.05) is 30.3 Å². The van der Waals surface area contributed by atoms with Gasteiger partial charge in [-0.15, -0.1) is 0 Å². The lowest BCUT2D eigenvalue weighted by atomic mass is 10.2. The quantitative estimate of drug-likeness (QED) is 0.727. The number of hydrogen-bond acceptors (Lipinski definition) is 3. The normalized spacial score (nSPS) is 10.5. The van der Waals surface area contributed by atoms with Crippen LogP contribution in [0.25, 0.3) is 10.9 Å². The highest BCUT2D eigenvalue weighted by Gasteiger charge is 2.09. The van der Waals surface area contributed by atoms with E-state index in [4.69, 9.17) is 9.47 Å². The Hall–Kier alpha value is -2.75. The molecule has 3 aromatic rings. The maximum atomic E-state index is 10.8. The van der Waals surface area contributed by atoms with Crippen molar-refractivity contribution in [3.63, 3.8) is 0 Å². The summed E-state index contributed by atoms with van der Waals surface area (Å²) in [6.07, 6.45) is 0.789. The van der Waals surface area contributed by atoms with E-state index >= 15 is 0 Å². The van der Waals surface area contributed by atoms with Gasteiger partial charge in [-0.2, -0.15) is 0 Å². The number of aromatic nitrogens is 1. The first-order valence-corrected chi connectivity index (χ1v) is 6.63. The second-order valence-corrected chi connectivity index (χ2v) is 4.71. The molecule has 0 fully saturated rings. The fourth-order valence-electron chi connectivity index (χ4n) is 2.23. The number of nitrogens with one attached hydrogen (secondary N) is 1. The molecule has 0 spiro atoms. The van der Waals surface area contributed by atoms with E-state index in [9.17, 15) is 4.79 Å². The molecule has 3 rings (SSSR count). The smallest absolute Gasteiger partial charge is 0.166 e. The number of carbonyl (C=O) groups excluding carboxylic acids is 1. The molecule has 0 saturated carbocycles. The fraction of sp³-hybridized carbons (Fsp3) is 0.118. The molecule has 0 saturated heterocycles. The van der Waals surface area contributed by atoms with Crippen molar-refractivity contribution >= 4 is 17.2 Å². The van der Waals surface area contributed by atoms with Gasteiger partial charge in [-0.05, 0) is 17.7 Å². The Morgan fingerprint density at radius 1 is 1.10 bits per heavy atom. The van der Waals surface area contributed by atoms with E-state index in [1.807, 2.05) is 42.5 Å². The highest BCUT2D eigenvalue weighted by atomic mass is 16.5. The Kier molecular flexibility index (Phi) is 3.60. The highest BCUT2D eigenvalue weighted by Crippen LogP contribution is 2.33. The van der Waals surface area contributed by atoms with Gasteiger partial charge in [0.2, 0.25) is 0 Å². The first-order valence-electron chi connectivity index (χ1n) is 6.63. The molecule has 0 aliphatic rings. The average molecular weight is 281 g/mol. The summed E-state index contributed by atoms with van der Waals surface area (Å²) in [6, 6.07) is 15.4. The summed E-state index contributed by atoms with van der Waals surface area (Å²) in [4.78, 5) is 13.9. The van der Waals surface area contributed by atoms with Crippen molar-refractivity contribution in [3.8, 4) is 11.5 Å². The second-order valence-electron chi connectivity index (χ2n) is 4.71. The standard InChI is InChI=1S/C17H15NO3/c1-20-16-8-13-7-14(10-19)18-15(13)9-17(16)21-11-12-5-3-2-4-6-12/h2-10,18H,11H2,1H3. The van der Waals surface area contributed by atoms with Gasteiger partial charge in [0, 0.05) is 17.0 Å². The zero-order valence-corrected chi connectivity index (χ0v) is 11.6. The Balaban J connectivity index is 1.91. The fourth-order valence-corrected chi connectivity index (χ4v) is 2.23. The van der Waals surface area contributed by atoms with Crippen LogP contribution in [0, 0.1) is 0 Å². The maximum Gasteiger partial charge on any atom is 0.166 e. The number of hydrogen-bond donors (Lipinski definition) is 1. The summed E-state index contributed by atoms with van der Waals surface area (Å²) >= 11 is 0. The van der Waals surface area contributed by atoms with Gasteiger partial charge in [-0.25, -0.2) is 0 Å². The number of aldehydes is 1. The molecule has 0 radical (unpaired) electrons. The lowest BCUT2D eigenvalue weighted by Gasteiger charge is -2.11. The third-order valence-corrected chi connectivity index (χ3v) is 3.29. The first-order chi connectivity index (χ1) is 10.3. The summed E-state index contributed by atoms with van der Waals surface area (Å²) in [7, 11) is 1.60. The van der Waals surface area contributed by atoms with E-state index in [1.54, 1.807) is 13.2 Å². The van der Waals surface area contributed by atoms with Crippen molar-refractivity contribution in [2.24, 2.45) is 0 Å². The Morgan fingerprint density at radius 3 is 2.62 bits per heavy atom. The van der Waals surface area contributed by atoms with Crippen LogP contribution in [0.2, 0.25) is 0 Å². The van der Waals surface area contributed by atoms with Crippen molar-refractivity contribution in [3.05, 3.63) is 59.8 Å². The maximum absolute atomic E-state index is 10.8. The summed E-state index contributed by atoms with van der Waals surface area (Å²) in [6.45, 7) is 0.462. The summed E-state index contributed by atoms with van der Waals surface area (Å²) in [5, 5.41) is 0.918. The molecule has 0 amide bonds. The largest absolute Gasteiger partial charge is 0.493 e. The number of aromatic amines is 1. The Morgan fingerprint density at radius 2 is 1.90 bits per heavy atom. The molecule has 1 heterocycles. The molecule has 0 atom stereocenters. The minimum Gasteiger partial charge on any atom is -0.493 e. The number of H-pyrrole nitrogens is 1. The minimum absolute atomic E-state index is 0.462. The molecule has 1 N–H and O–H groups in total. The van der Waals surface area contributed by atoms with Gasteiger partial charge >= 0.3 is 0 Å². The predicted molar refractivity (Wildman–Crippen MR) is 81.0 cm³/mol. The molecule has 2 aromatic carbocycles. The van der Waals surface area contributed by atoms with Gasteiger partial charge in [-0.3, -0.25) is 4.79 Å². The van der Waals surface area contributed by atoms with Crippen molar-refractivity contribution in [2.45, 2.75) is 6.61 Å². The molecule has 4 heteroatoms. The lowest BCUT2D eigenvalue weighted by Crippen LogP contribution is -1.97. The minimum atomic E-state index is 0.462. The molecule has 4 nitrogen and oxygen atoms in total. The van der Waals surface area contributed by atoms with Crippen LogP contribution in [0.5, 0.6) is 11.5 Å². The topological polar surface area (TPSA) is 51.3 Å². The number of rotatable bonds is 5. The van der Waals surface area contributed by atoms with Crippen LogP contribution in [-0.2, 0) is 6.61 Å². The number of fused-ring (bicyclic) bond motifs is 1.